The summed E-state index contributed by atoms with van der Waals surface area (Å²) in [6.07, 6.45) is 1.57. The Morgan fingerprint density at radius 2 is 2.16 bits per heavy atom. The lowest BCUT2D eigenvalue weighted by atomic mass is 10.1. The molecule has 2 unspecified atom stereocenters. The van der Waals surface area contributed by atoms with Gasteiger partial charge in [0.25, 0.3) is 0 Å². The molecule has 0 aromatic heterocycles. The Labute approximate surface area is 112 Å². The van der Waals surface area contributed by atoms with Crippen LogP contribution in [0.2, 0.25) is 0 Å². The molecule has 104 valence electrons. The lowest BCUT2D eigenvalue weighted by molar-refractivity contribution is 0.583. The lowest BCUT2D eigenvalue weighted by Gasteiger charge is -2.11. The molecule has 5 heteroatoms. The van der Waals surface area contributed by atoms with E-state index >= 15 is 0 Å². The van der Waals surface area contributed by atoms with Gasteiger partial charge in [-0.1, -0.05) is 6.92 Å². The number of halogens is 2. The average molecular weight is 267 g/mol. The minimum Gasteiger partial charge on any atom is -0.356 e. The number of hydrogen-bond acceptors (Lipinski definition) is 1. The molecule has 0 amide bonds. The van der Waals surface area contributed by atoms with E-state index in [2.05, 4.69) is 22.5 Å². The molecule has 0 saturated heterocycles. The molecule has 2 N–H and O–H groups in total. The van der Waals surface area contributed by atoms with Gasteiger partial charge in [0.15, 0.2) is 5.96 Å². The molecule has 1 saturated carbocycles. The molecule has 1 fully saturated rings. The summed E-state index contributed by atoms with van der Waals surface area (Å²) >= 11 is 0. The molecule has 19 heavy (non-hydrogen) atoms. The number of nitrogens with zero attached hydrogens (tertiary/aromatic N) is 1. The molecule has 0 aliphatic heterocycles. The van der Waals surface area contributed by atoms with Crippen LogP contribution in [0.3, 0.4) is 0 Å². The Morgan fingerprint density at radius 1 is 1.42 bits per heavy atom. The van der Waals surface area contributed by atoms with Crippen molar-refractivity contribution in [1.82, 2.24) is 10.6 Å². The summed E-state index contributed by atoms with van der Waals surface area (Å²) in [5.74, 6) is 0.609. The second kappa shape index (κ2) is 5.99. The molecular weight excluding hydrogens is 248 g/mol. The van der Waals surface area contributed by atoms with Crippen molar-refractivity contribution in [3.63, 3.8) is 0 Å². The van der Waals surface area contributed by atoms with E-state index in [0.29, 0.717) is 36.4 Å². The van der Waals surface area contributed by atoms with Gasteiger partial charge in [-0.25, -0.2) is 8.78 Å². The zero-order valence-electron chi connectivity index (χ0n) is 11.2. The lowest BCUT2D eigenvalue weighted by Crippen LogP contribution is -2.40. The number of guanidine groups is 1. The third-order valence-electron chi connectivity index (χ3n) is 3.35. The van der Waals surface area contributed by atoms with E-state index in [1.807, 2.05) is 0 Å². The quantitative estimate of drug-likeness (QED) is 0.647. The smallest absolute Gasteiger partial charge is 0.191 e. The highest BCUT2D eigenvalue weighted by atomic mass is 19.1. The van der Waals surface area contributed by atoms with Gasteiger partial charge in [-0.2, -0.15) is 0 Å². The monoisotopic (exact) mass is 267 g/mol. The summed E-state index contributed by atoms with van der Waals surface area (Å²) in [6, 6.07) is 4.00. The highest BCUT2D eigenvalue weighted by molar-refractivity contribution is 5.80. The summed E-state index contributed by atoms with van der Waals surface area (Å²) in [5.41, 5.74) is 0.378. The zero-order chi connectivity index (χ0) is 13.8. The summed E-state index contributed by atoms with van der Waals surface area (Å²) in [5, 5.41) is 6.38. The van der Waals surface area contributed by atoms with E-state index < -0.39 is 5.82 Å². The predicted octanol–water partition coefficient (Wildman–Crippen LogP) is 2.08. The summed E-state index contributed by atoms with van der Waals surface area (Å²) in [7, 11) is 1.70. The average Bonchev–Trinajstić information content (AvgIpc) is 3.08. The maximum Gasteiger partial charge on any atom is 0.191 e. The van der Waals surface area contributed by atoms with Crippen molar-refractivity contribution in [3.8, 4) is 0 Å². The molecule has 1 aliphatic rings. The fourth-order valence-electron chi connectivity index (χ4n) is 1.94. The van der Waals surface area contributed by atoms with Crippen LogP contribution in [-0.4, -0.2) is 25.6 Å². The first-order valence-corrected chi connectivity index (χ1v) is 6.51. The number of aliphatic imine (C=N–C) groups is 1. The predicted molar refractivity (Wildman–Crippen MR) is 72.1 cm³/mol. The largest absolute Gasteiger partial charge is 0.356 e. The summed E-state index contributed by atoms with van der Waals surface area (Å²) < 4.78 is 26.4. The Kier molecular flexibility index (Phi) is 4.35. The normalized spacial score (nSPS) is 22.2. The molecule has 3 nitrogen and oxygen atoms in total. The number of benzene rings is 1. The Bertz CT molecular complexity index is 474. The van der Waals surface area contributed by atoms with Gasteiger partial charge in [-0.3, -0.25) is 4.99 Å². The van der Waals surface area contributed by atoms with Gasteiger partial charge in [-0.05, 0) is 42.5 Å². The van der Waals surface area contributed by atoms with Crippen molar-refractivity contribution in [3.05, 3.63) is 35.4 Å². The van der Waals surface area contributed by atoms with Crippen molar-refractivity contribution in [2.24, 2.45) is 10.9 Å². The van der Waals surface area contributed by atoms with E-state index in [-0.39, 0.29) is 5.82 Å². The molecular formula is C14H19F2N3. The van der Waals surface area contributed by atoms with E-state index in [9.17, 15) is 8.78 Å². The molecule has 0 heterocycles. The molecule has 0 radical (unpaired) electrons. The van der Waals surface area contributed by atoms with Gasteiger partial charge in [-0.15, -0.1) is 0 Å². The van der Waals surface area contributed by atoms with Crippen molar-refractivity contribution in [2.45, 2.75) is 25.8 Å². The molecule has 1 aliphatic carbocycles. The minimum atomic E-state index is -0.411. The van der Waals surface area contributed by atoms with Gasteiger partial charge in [0.05, 0.1) is 0 Å². The van der Waals surface area contributed by atoms with Crippen molar-refractivity contribution in [2.75, 3.05) is 13.6 Å². The van der Waals surface area contributed by atoms with Crippen LogP contribution in [0.5, 0.6) is 0 Å². The van der Waals surface area contributed by atoms with Crippen molar-refractivity contribution in [1.29, 1.82) is 0 Å². The van der Waals surface area contributed by atoms with E-state index in [4.69, 9.17) is 0 Å². The molecule has 1 aromatic rings. The molecule has 0 bridgehead atoms. The van der Waals surface area contributed by atoms with E-state index in [1.165, 1.54) is 6.07 Å². The highest BCUT2D eigenvalue weighted by Gasteiger charge is 2.33. The van der Waals surface area contributed by atoms with Crippen LogP contribution in [0, 0.1) is 17.6 Å². The maximum atomic E-state index is 13.4. The minimum absolute atomic E-state index is 0.373. The molecule has 0 spiro atoms. The van der Waals surface area contributed by atoms with E-state index in [0.717, 1.165) is 18.6 Å². The standard InChI is InChI=1S/C14H19F2N3/c1-9-7-13(9)19-14(17-2)18-6-5-10-8-11(15)3-4-12(10)16/h3-4,8-9,13H,5-7H2,1-2H3,(H2,17,18,19). The summed E-state index contributed by atoms with van der Waals surface area (Å²) in [4.78, 5) is 4.10. The van der Waals surface area contributed by atoms with Crippen LogP contribution in [0.1, 0.15) is 18.9 Å². The highest BCUT2D eigenvalue weighted by Crippen LogP contribution is 2.28. The Hall–Kier alpha value is -1.65. The fourth-order valence-corrected chi connectivity index (χ4v) is 1.94. The number of hydrogen-bond donors (Lipinski definition) is 2. The second-order valence-corrected chi connectivity index (χ2v) is 4.95. The Balaban J connectivity index is 1.80. The number of nitrogens with one attached hydrogen (secondary N) is 2. The fraction of sp³-hybridized carbons (Fsp3) is 0.500. The van der Waals surface area contributed by atoms with Crippen LogP contribution in [0.4, 0.5) is 8.78 Å². The first-order valence-electron chi connectivity index (χ1n) is 6.51. The van der Waals surface area contributed by atoms with Gasteiger partial charge in [0, 0.05) is 19.6 Å². The van der Waals surface area contributed by atoms with E-state index in [1.54, 1.807) is 7.05 Å². The van der Waals surface area contributed by atoms with Crippen LogP contribution in [-0.2, 0) is 6.42 Å². The maximum absolute atomic E-state index is 13.4. The Morgan fingerprint density at radius 3 is 2.79 bits per heavy atom. The van der Waals surface area contributed by atoms with Crippen LogP contribution >= 0.6 is 0 Å². The molecule has 2 rings (SSSR count). The van der Waals surface area contributed by atoms with Crippen molar-refractivity contribution < 1.29 is 8.78 Å². The second-order valence-electron chi connectivity index (χ2n) is 4.95. The molecule has 1 aromatic carbocycles. The van der Waals surface area contributed by atoms with Gasteiger partial charge < -0.3 is 10.6 Å². The summed E-state index contributed by atoms with van der Waals surface area (Å²) in [6.45, 7) is 2.69. The zero-order valence-corrected chi connectivity index (χ0v) is 11.2. The third-order valence-corrected chi connectivity index (χ3v) is 3.35. The number of rotatable bonds is 4. The van der Waals surface area contributed by atoms with Crippen LogP contribution in [0.25, 0.3) is 0 Å². The first-order chi connectivity index (χ1) is 9.10. The van der Waals surface area contributed by atoms with Gasteiger partial charge >= 0.3 is 0 Å². The molecule has 2 atom stereocenters. The third kappa shape index (κ3) is 3.91. The van der Waals surface area contributed by atoms with Crippen LogP contribution in [0.15, 0.2) is 23.2 Å². The topological polar surface area (TPSA) is 36.4 Å². The van der Waals surface area contributed by atoms with Crippen molar-refractivity contribution >= 4 is 5.96 Å². The van der Waals surface area contributed by atoms with Crippen LogP contribution < -0.4 is 10.6 Å². The van der Waals surface area contributed by atoms with Gasteiger partial charge in [0.2, 0.25) is 0 Å². The SMILES string of the molecule is CN=C(NCCc1cc(F)ccc1F)NC1CC1C. The van der Waals surface area contributed by atoms with Gasteiger partial charge in [0.1, 0.15) is 11.6 Å². The first kappa shape index (κ1) is 13.8.